The van der Waals surface area contributed by atoms with Gasteiger partial charge in [0.15, 0.2) is 5.65 Å². The van der Waals surface area contributed by atoms with Crippen LogP contribution in [0.25, 0.3) is 11.0 Å². The van der Waals surface area contributed by atoms with Gasteiger partial charge in [-0.3, -0.25) is 0 Å². The van der Waals surface area contributed by atoms with E-state index in [2.05, 4.69) is 25.9 Å². The van der Waals surface area contributed by atoms with E-state index in [0.717, 1.165) is 9.86 Å². The Labute approximate surface area is 123 Å². The Morgan fingerprint density at radius 2 is 2.00 bits per heavy atom. The summed E-state index contributed by atoms with van der Waals surface area (Å²) >= 11 is 3.33. The van der Waals surface area contributed by atoms with Crippen molar-refractivity contribution in [3.05, 3.63) is 64.9 Å². The maximum atomic E-state index is 12.1. The molecule has 3 aromatic rings. The zero-order valence-corrected chi connectivity index (χ0v) is 11.9. The summed E-state index contributed by atoms with van der Waals surface area (Å²) in [7, 11) is 0. The molecule has 0 saturated heterocycles. The minimum Gasteiger partial charge on any atom is -0.423 e. The van der Waals surface area contributed by atoms with Crippen LogP contribution in [-0.2, 0) is 0 Å². The number of benzene rings is 1. The quantitative estimate of drug-likeness (QED) is 0.532. The third-order valence-electron chi connectivity index (χ3n) is 2.70. The first-order valence-electron chi connectivity index (χ1n) is 5.91. The molecule has 4 nitrogen and oxygen atoms in total. The van der Waals surface area contributed by atoms with Crippen molar-refractivity contribution in [2.75, 3.05) is 0 Å². The third kappa shape index (κ3) is 2.67. The van der Waals surface area contributed by atoms with E-state index < -0.39 is 5.97 Å². The highest BCUT2D eigenvalue weighted by Gasteiger charge is 2.10. The molecule has 0 aliphatic heterocycles. The predicted octanol–water partition coefficient (Wildman–Crippen LogP) is 3.61. The molecule has 98 valence electrons. The topological polar surface area (TPSA) is 52.1 Å². The molecule has 0 saturated carbocycles. The number of carbonyl (C=O) groups excluding carboxylic acids is 1. The number of rotatable bonds is 2. The average molecular weight is 329 g/mol. The molecular formula is C15H9BrN2O2. The second-order valence-electron chi connectivity index (χ2n) is 4.12. The highest BCUT2D eigenvalue weighted by molar-refractivity contribution is 9.10. The Balaban J connectivity index is 1.88. The second kappa shape index (κ2) is 5.38. The molecule has 2 heterocycles. The molecule has 0 aliphatic carbocycles. The van der Waals surface area contributed by atoms with Crippen molar-refractivity contribution in [1.82, 2.24) is 9.97 Å². The van der Waals surface area contributed by atoms with Crippen LogP contribution < -0.4 is 4.74 Å². The van der Waals surface area contributed by atoms with Crippen molar-refractivity contribution in [3.8, 4) is 5.75 Å². The number of fused-ring (bicyclic) bond motifs is 1. The van der Waals surface area contributed by atoms with E-state index >= 15 is 0 Å². The van der Waals surface area contributed by atoms with Gasteiger partial charge in [-0.2, -0.15) is 0 Å². The predicted molar refractivity (Wildman–Crippen MR) is 78.6 cm³/mol. The molecule has 1 aromatic carbocycles. The molecule has 5 heteroatoms. The largest absolute Gasteiger partial charge is 0.423 e. The van der Waals surface area contributed by atoms with Crippen molar-refractivity contribution in [3.63, 3.8) is 0 Å². The first-order chi connectivity index (χ1) is 9.72. The van der Waals surface area contributed by atoms with Crippen molar-refractivity contribution < 1.29 is 9.53 Å². The summed E-state index contributed by atoms with van der Waals surface area (Å²) in [5.74, 6) is 0.0389. The number of aromatic nitrogens is 2. The fourth-order valence-electron chi connectivity index (χ4n) is 1.77. The molecule has 0 unspecified atom stereocenters. The zero-order valence-electron chi connectivity index (χ0n) is 10.3. The SMILES string of the molecule is O=C(Oc1cccc(Br)c1)c1cnc2ncccc2c1. The van der Waals surface area contributed by atoms with Crippen molar-refractivity contribution in [2.45, 2.75) is 0 Å². The number of ether oxygens (including phenoxy) is 1. The first kappa shape index (κ1) is 12.7. The molecule has 2 aromatic heterocycles. The first-order valence-corrected chi connectivity index (χ1v) is 6.70. The van der Waals surface area contributed by atoms with Crippen LogP contribution in [-0.4, -0.2) is 15.9 Å². The third-order valence-corrected chi connectivity index (χ3v) is 3.19. The van der Waals surface area contributed by atoms with E-state index in [-0.39, 0.29) is 0 Å². The van der Waals surface area contributed by atoms with Crippen molar-refractivity contribution in [2.24, 2.45) is 0 Å². The number of nitrogens with zero attached hydrogens (tertiary/aromatic N) is 2. The normalized spacial score (nSPS) is 10.4. The summed E-state index contributed by atoms with van der Waals surface area (Å²) in [5, 5.41) is 0.802. The Hall–Kier alpha value is -2.27. The van der Waals surface area contributed by atoms with Crippen molar-refractivity contribution in [1.29, 1.82) is 0 Å². The average Bonchev–Trinajstić information content (AvgIpc) is 2.47. The molecule has 20 heavy (non-hydrogen) atoms. The Kier molecular flexibility index (Phi) is 3.43. The van der Waals surface area contributed by atoms with Crippen LogP contribution in [0, 0.1) is 0 Å². The van der Waals surface area contributed by atoms with Gasteiger partial charge in [0.25, 0.3) is 0 Å². The van der Waals surface area contributed by atoms with Crippen LogP contribution in [0.2, 0.25) is 0 Å². The van der Waals surface area contributed by atoms with Gasteiger partial charge >= 0.3 is 5.97 Å². The molecule has 3 rings (SSSR count). The summed E-state index contributed by atoms with van der Waals surface area (Å²) in [5.41, 5.74) is 0.997. The summed E-state index contributed by atoms with van der Waals surface area (Å²) in [6, 6.07) is 12.5. The lowest BCUT2D eigenvalue weighted by molar-refractivity contribution is 0.0734. The molecular weight excluding hydrogens is 320 g/mol. The number of carbonyl (C=O) groups is 1. The Bertz CT molecular complexity index is 789. The fraction of sp³-hybridized carbons (Fsp3) is 0. The lowest BCUT2D eigenvalue weighted by Crippen LogP contribution is -2.09. The van der Waals surface area contributed by atoms with Gasteiger partial charge in [0.1, 0.15) is 5.75 Å². The van der Waals surface area contributed by atoms with Crippen LogP contribution in [0.5, 0.6) is 5.75 Å². The monoisotopic (exact) mass is 328 g/mol. The van der Waals surface area contributed by atoms with E-state index in [1.54, 1.807) is 36.5 Å². The number of hydrogen-bond acceptors (Lipinski definition) is 4. The van der Waals surface area contributed by atoms with Gasteiger partial charge in [-0.1, -0.05) is 22.0 Å². The Morgan fingerprint density at radius 3 is 2.85 bits per heavy atom. The standard InChI is InChI=1S/C15H9BrN2O2/c16-12-4-1-5-13(8-12)20-15(19)11-7-10-3-2-6-17-14(10)18-9-11/h1-9H. The maximum Gasteiger partial charge on any atom is 0.345 e. The van der Waals surface area contributed by atoms with E-state index in [1.807, 2.05) is 12.1 Å². The lowest BCUT2D eigenvalue weighted by atomic mass is 10.2. The summed E-state index contributed by atoms with van der Waals surface area (Å²) in [6.07, 6.45) is 3.13. The number of pyridine rings is 2. The minimum atomic E-state index is -0.443. The van der Waals surface area contributed by atoms with Gasteiger partial charge in [0, 0.05) is 22.3 Å². The number of esters is 1. The van der Waals surface area contributed by atoms with Gasteiger partial charge in [-0.05, 0) is 36.4 Å². The molecule has 0 spiro atoms. The molecule has 0 atom stereocenters. The van der Waals surface area contributed by atoms with Crippen LogP contribution in [0.4, 0.5) is 0 Å². The van der Waals surface area contributed by atoms with E-state index in [4.69, 9.17) is 4.74 Å². The summed E-state index contributed by atoms with van der Waals surface area (Å²) in [6.45, 7) is 0. The molecule has 0 fully saturated rings. The van der Waals surface area contributed by atoms with Gasteiger partial charge in [-0.25, -0.2) is 14.8 Å². The van der Waals surface area contributed by atoms with E-state index in [0.29, 0.717) is 17.0 Å². The van der Waals surface area contributed by atoms with E-state index in [1.165, 1.54) is 6.20 Å². The van der Waals surface area contributed by atoms with Gasteiger partial charge < -0.3 is 4.74 Å². The number of halogens is 1. The summed E-state index contributed by atoms with van der Waals surface area (Å²) in [4.78, 5) is 20.3. The van der Waals surface area contributed by atoms with Crippen LogP contribution >= 0.6 is 15.9 Å². The second-order valence-corrected chi connectivity index (χ2v) is 5.04. The van der Waals surface area contributed by atoms with Crippen LogP contribution in [0.15, 0.2) is 59.3 Å². The molecule has 0 bridgehead atoms. The van der Waals surface area contributed by atoms with Gasteiger partial charge in [-0.15, -0.1) is 0 Å². The highest BCUT2D eigenvalue weighted by atomic mass is 79.9. The minimum absolute atomic E-state index is 0.394. The Morgan fingerprint density at radius 1 is 1.10 bits per heavy atom. The highest BCUT2D eigenvalue weighted by Crippen LogP contribution is 2.19. The number of hydrogen-bond donors (Lipinski definition) is 0. The van der Waals surface area contributed by atoms with Crippen molar-refractivity contribution >= 4 is 32.9 Å². The van der Waals surface area contributed by atoms with Crippen LogP contribution in [0.1, 0.15) is 10.4 Å². The molecule has 0 aliphatic rings. The molecule has 0 radical (unpaired) electrons. The fourth-order valence-corrected chi connectivity index (χ4v) is 2.15. The van der Waals surface area contributed by atoms with Crippen LogP contribution in [0.3, 0.4) is 0 Å². The van der Waals surface area contributed by atoms with Gasteiger partial charge in [0.2, 0.25) is 0 Å². The maximum absolute atomic E-state index is 12.1. The zero-order chi connectivity index (χ0) is 13.9. The summed E-state index contributed by atoms with van der Waals surface area (Å²) < 4.78 is 6.15. The molecule has 0 amide bonds. The smallest absolute Gasteiger partial charge is 0.345 e. The molecule has 0 N–H and O–H groups in total. The van der Waals surface area contributed by atoms with Gasteiger partial charge in [0.05, 0.1) is 5.56 Å². The lowest BCUT2D eigenvalue weighted by Gasteiger charge is -2.05. The van der Waals surface area contributed by atoms with E-state index in [9.17, 15) is 4.79 Å².